The van der Waals surface area contributed by atoms with Gasteiger partial charge in [-0.1, -0.05) is 18.9 Å². The Bertz CT molecular complexity index is 2050. The normalized spacial score (nSPS) is 14.8. The van der Waals surface area contributed by atoms with Gasteiger partial charge in [0.2, 0.25) is 0 Å². The summed E-state index contributed by atoms with van der Waals surface area (Å²) in [5, 5.41) is 10.1. The van der Waals surface area contributed by atoms with Gasteiger partial charge in [0.1, 0.15) is 16.3 Å². The van der Waals surface area contributed by atoms with Crippen LogP contribution in [-0.2, 0) is 10.2 Å². The van der Waals surface area contributed by atoms with Crippen LogP contribution in [0.15, 0.2) is 58.5 Å². The van der Waals surface area contributed by atoms with Crippen molar-refractivity contribution in [1.29, 1.82) is 5.26 Å². The van der Waals surface area contributed by atoms with Crippen molar-refractivity contribution >= 4 is 43.1 Å². The molecule has 1 aliphatic rings. The highest BCUT2D eigenvalue weighted by molar-refractivity contribution is 7.86. The fourth-order valence-corrected chi connectivity index (χ4v) is 6.00. The second-order valence-corrected chi connectivity index (χ2v) is 11.0. The van der Waals surface area contributed by atoms with E-state index >= 15 is 0 Å². The van der Waals surface area contributed by atoms with E-state index in [1.807, 2.05) is 10.6 Å². The molecule has 6 rings (SSSR count). The van der Waals surface area contributed by atoms with Crippen LogP contribution in [0.1, 0.15) is 37.3 Å². The van der Waals surface area contributed by atoms with Crippen LogP contribution in [0.5, 0.6) is 5.75 Å². The summed E-state index contributed by atoms with van der Waals surface area (Å²) < 4.78 is 83.4. The van der Waals surface area contributed by atoms with Crippen LogP contribution in [0.4, 0.5) is 17.1 Å². The number of pyridine rings is 2. The quantitative estimate of drug-likeness (QED) is 0.202. The molecule has 204 valence electrons. The number of aromatic amines is 1. The highest BCUT2D eigenvalue weighted by atomic mass is 32.3. The second-order valence-electron chi connectivity index (χ2n) is 9.62. The summed E-state index contributed by atoms with van der Waals surface area (Å²) in [5.74, 6) is -0.767. The molecule has 3 heterocycles. The van der Waals surface area contributed by atoms with Crippen LogP contribution in [0, 0.1) is 11.3 Å². The third-order valence-corrected chi connectivity index (χ3v) is 7.99. The van der Waals surface area contributed by atoms with Gasteiger partial charge in [0.25, 0.3) is 0 Å². The molecule has 13 heteroatoms. The Labute approximate surface area is 223 Å². The Morgan fingerprint density at radius 1 is 1.07 bits per heavy atom. The van der Waals surface area contributed by atoms with E-state index in [0.29, 0.717) is 22.1 Å². The lowest BCUT2D eigenvalue weighted by atomic mass is 10.0. The van der Waals surface area contributed by atoms with Gasteiger partial charge in [-0.15, -0.1) is 17.1 Å². The third kappa shape index (κ3) is 4.34. The number of nitriles is 1. The monoisotopic (exact) mass is 570 g/mol. The average molecular weight is 571 g/mol. The van der Waals surface area contributed by atoms with Crippen LogP contribution in [-0.4, -0.2) is 29.3 Å². The Balaban J connectivity index is 1.76. The number of ether oxygens (including phenoxy) is 1. The first-order chi connectivity index (χ1) is 18.9. The molecule has 0 atom stereocenters. The number of H-pyrrole nitrogens is 1. The van der Waals surface area contributed by atoms with Gasteiger partial charge < -0.3 is 14.3 Å². The Morgan fingerprint density at radius 2 is 1.82 bits per heavy atom. The molecule has 1 saturated carbocycles. The van der Waals surface area contributed by atoms with E-state index in [1.165, 1.54) is 6.07 Å². The summed E-state index contributed by atoms with van der Waals surface area (Å²) in [5.41, 5.74) is 0.689. The van der Waals surface area contributed by atoms with Crippen LogP contribution < -0.4 is 10.2 Å². The lowest BCUT2D eigenvalue weighted by Gasteiger charge is -2.22. The largest absolute Gasteiger partial charge is 0.573 e. The highest BCUT2D eigenvalue weighted by Gasteiger charge is 2.34. The summed E-state index contributed by atoms with van der Waals surface area (Å²) in [7, 11) is -5.21. The van der Waals surface area contributed by atoms with Gasteiger partial charge in [-0.05, 0) is 43.2 Å². The average Bonchev–Trinajstić information content (AvgIpc) is 3.55. The molecule has 40 heavy (non-hydrogen) atoms. The predicted molar refractivity (Wildman–Crippen MR) is 138 cm³/mol. The molecule has 0 bridgehead atoms. The maximum Gasteiger partial charge on any atom is 0.573 e. The number of benzene rings is 2. The standard InChI is InChI=1S/C27H18F4N4O4S/c28-27(29,30)39-23-10-20-22(9-19(23)15-8-17(13-33-12-15)40(31,37)38)35(16-3-1-2-4-16)26-24(25(20)36)18-6-5-14(11-32)7-21(18)34-26/h5-10,12-13,16,34H,1-4H2. The highest BCUT2D eigenvalue weighted by Crippen LogP contribution is 2.41. The first-order valence-corrected chi connectivity index (χ1v) is 13.6. The van der Waals surface area contributed by atoms with Gasteiger partial charge >= 0.3 is 16.6 Å². The van der Waals surface area contributed by atoms with Crippen LogP contribution in [0.25, 0.3) is 44.0 Å². The lowest BCUT2D eigenvalue weighted by molar-refractivity contribution is -0.274. The van der Waals surface area contributed by atoms with Crippen LogP contribution in [0.2, 0.25) is 0 Å². The smallest absolute Gasteiger partial charge is 0.405 e. The number of alkyl halides is 3. The number of rotatable bonds is 4. The molecule has 0 radical (unpaired) electrons. The van der Waals surface area contributed by atoms with Gasteiger partial charge in [0.15, 0.2) is 5.43 Å². The molecule has 8 nitrogen and oxygen atoms in total. The van der Waals surface area contributed by atoms with E-state index < -0.39 is 32.7 Å². The molecule has 0 spiro atoms. The van der Waals surface area contributed by atoms with Crippen LogP contribution in [0.3, 0.4) is 0 Å². The van der Waals surface area contributed by atoms with Crippen LogP contribution >= 0.6 is 0 Å². The first kappa shape index (κ1) is 25.8. The minimum absolute atomic E-state index is 0.0464. The number of nitrogens with zero attached hydrogens (tertiary/aromatic N) is 3. The zero-order valence-corrected chi connectivity index (χ0v) is 21.2. The van der Waals surface area contributed by atoms with Crippen molar-refractivity contribution in [2.24, 2.45) is 0 Å². The second kappa shape index (κ2) is 9.06. The summed E-state index contributed by atoms with van der Waals surface area (Å²) in [6.45, 7) is 0. The number of aromatic nitrogens is 3. The van der Waals surface area contributed by atoms with Crippen molar-refractivity contribution in [3.63, 3.8) is 0 Å². The van der Waals surface area contributed by atoms with Crippen molar-refractivity contribution in [3.8, 4) is 22.9 Å². The molecule has 0 amide bonds. The number of hydrogen-bond donors (Lipinski definition) is 1. The molecule has 2 aromatic carbocycles. The van der Waals surface area contributed by atoms with E-state index in [-0.39, 0.29) is 33.5 Å². The molecule has 1 fully saturated rings. The Hall–Kier alpha value is -4.44. The Morgan fingerprint density at radius 3 is 2.50 bits per heavy atom. The van der Waals surface area contributed by atoms with Gasteiger partial charge in [-0.2, -0.15) is 13.7 Å². The zero-order chi connectivity index (χ0) is 28.4. The van der Waals surface area contributed by atoms with Gasteiger partial charge in [-0.25, -0.2) is 0 Å². The van der Waals surface area contributed by atoms with E-state index in [9.17, 15) is 35.5 Å². The first-order valence-electron chi connectivity index (χ1n) is 12.2. The molecule has 5 aromatic rings. The molecule has 3 aromatic heterocycles. The maximum absolute atomic E-state index is 13.9. The van der Waals surface area contributed by atoms with Crippen molar-refractivity contribution in [2.45, 2.75) is 43.0 Å². The van der Waals surface area contributed by atoms with Crippen molar-refractivity contribution < 1.29 is 30.2 Å². The molecule has 1 aliphatic carbocycles. The van der Waals surface area contributed by atoms with E-state index in [2.05, 4.69) is 14.7 Å². The van der Waals surface area contributed by atoms with Gasteiger partial charge in [0, 0.05) is 40.5 Å². The SMILES string of the molecule is N#Cc1ccc2c(c1)[nH]c1c2c(=O)c2cc(OC(F)(F)F)c(-c3cncc(S(=O)(=O)F)c3)cc2n1C1CCCC1. The summed E-state index contributed by atoms with van der Waals surface area (Å²) in [4.78, 5) is 20.0. The molecule has 0 aliphatic heterocycles. The zero-order valence-electron chi connectivity index (χ0n) is 20.4. The lowest BCUT2D eigenvalue weighted by Crippen LogP contribution is -2.19. The molecular weight excluding hydrogens is 552 g/mol. The van der Waals surface area contributed by atoms with Gasteiger partial charge in [-0.3, -0.25) is 9.78 Å². The Kier molecular flexibility index (Phi) is 5.85. The third-order valence-electron chi connectivity index (χ3n) is 7.20. The predicted octanol–water partition coefficient (Wildman–Crippen LogP) is 6.24. The molecular formula is C27H18F4N4O4S. The topological polar surface area (TPSA) is 118 Å². The summed E-state index contributed by atoms with van der Waals surface area (Å²) in [6, 6.07) is 9.86. The minimum atomic E-state index is -5.21. The number of halogens is 4. The fraction of sp³-hybridized carbons (Fsp3) is 0.222. The van der Waals surface area contributed by atoms with Crippen molar-refractivity contribution in [3.05, 3.63) is 64.6 Å². The number of hydrogen-bond acceptors (Lipinski definition) is 6. The van der Waals surface area contributed by atoms with Gasteiger partial charge in [0.05, 0.1) is 27.9 Å². The summed E-state index contributed by atoms with van der Waals surface area (Å²) in [6.07, 6.45) is -0.0206. The maximum atomic E-state index is 13.9. The summed E-state index contributed by atoms with van der Waals surface area (Å²) >= 11 is 0. The minimum Gasteiger partial charge on any atom is -0.405 e. The number of fused-ring (bicyclic) bond motifs is 4. The van der Waals surface area contributed by atoms with E-state index in [4.69, 9.17) is 0 Å². The molecule has 0 saturated heterocycles. The molecule has 0 unspecified atom stereocenters. The van der Waals surface area contributed by atoms with Crippen molar-refractivity contribution in [1.82, 2.24) is 14.5 Å². The van der Waals surface area contributed by atoms with E-state index in [0.717, 1.165) is 50.2 Å². The van der Waals surface area contributed by atoms with Crippen molar-refractivity contribution in [2.75, 3.05) is 0 Å². The number of nitrogens with one attached hydrogen (secondary N) is 1. The fourth-order valence-electron chi connectivity index (χ4n) is 5.54. The van der Waals surface area contributed by atoms with E-state index in [1.54, 1.807) is 18.2 Å². The molecule has 1 N–H and O–H groups in total.